The summed E-state index contributed by atoms with van der Waals surface area (Å²) in [5.41, 5.74) is 3.10. The second-order valence-corrected chi connectivity index (χ2v) is 7.02. The molecule has 1 fully saturated rings. The van der Waals surface area contributed by atoms with Crippen LogP contribution in [0.3, 0.4) is 0 Å². The van der Waals surface area contributed by atoms with Crippen LogP contribution >= 0.6 is 0 Å². The first-order valence-electron chi connectivity index (χ1n) is 10.6. The molecule has 0 saturated carbocycles. The molecular weight excluding hydrogens is 390 g/mol. The number of allylic oxidation sites excluding steroid dienone is 11. The van der Waals surface area contributed by atoms with Gasteiger partial charge in [0.05, 0.1) is 0 Å². The zero-order valence-electron chi connectivity index (χ0n) is 19.0. The van der Waals surface area contributed by atoms with Crippen molar-refractivity contribution in [3.05, 3.63) is 158 Å². The van der Waals surface area contributed by atoms with Gasteiger partial charge in [0.25, 0.3) is 5.91 Å². The molecule has 1 unspecified atom stereocenters. The number of amides is 1. The number of benzene rings is 1. The van der Waals surface area contributed by atoms with Gasteiger partial charge < -0.3 is 0 Å². The number of hydrogen-bond acceptors (Lipinski definition) is 1. The smallest absolute Gasteiger partial charge is 0.260 e. The molecule has 1 aromatic carbocycles. The number of carbonyl (C=O) groups excluding carboxylic acids is 1. The molecule has 1 amide bonds. The minimum absolute atomic E-state index is 0.132. The van der Waals surface area contributed by atoms with Gasteiger partial charge in [0, 0.05) is 11.3 Å². The van der Waals surface area contributed by atoms with Gasteiger partial charge in [0.2, 0.25) is 0 Å². The predicted molar refractivity (Wildman–Crippen MR) is 138 cm³/mol. The minimum atomic E-state index is -0.914. The van der Waals surface area contributed by atoms with Crippen molar-refractivity contribution < 1.29 is 4.79 Å². The molecule has 0 radical (unpaired) electrons. The maximum atomic E-state index is 14.0. The summed E-state index contributed by atoms with van der Waals surface area (Å²) < 4.78 is 0. The van der Waals surface area contributed by atoms with Crippen LogP contribution in [0.4, 0.5) is 0 Å². The summed E-state index contributed by atoms with van der Waals surface area (Å²) in [7, 11) is 0. The number of likely N-dealkylation sites (tertiary alicyclic amines) is 1. The minimum Gasteiger partial charge on any atom is -0.290 e. The summed E-state index contributed by atoms with van der Waals surface area (Å²) in [6.45, 7) is 19.4. The average molecular weight is 422 g/mol. The van der Waals surface area contributed by atoms with Crippen molar-refractivity contribution in [1.82, 2.24) is 4.90 Å². The van der Waals surface area contributed by atoms with Gasteiger partial charge in [-0.1, -0.05) is 111 Å². The van der Waals surface area contributed by atoms with Crippen molar-refractivity contribution in [2.24, 2.45) is 0 Å². The summed E-state index contributed by atoms with van der Waals surface area (Å²) in [5.74, 6) is -0.132. The summed E-state index contributed by atoms with van der Waals surface area (Å²) in [4.78, 5) is 15.8. The Morgan fingerprint density at radius 1 is 0.906 bits per heavy atom. The van der Waals surface area contributed by atoms with E-state index < -0.39 is 5.54 Å². The molecule has 1 aromatic rings. The molecule has 1 aliphatic rings. The van der Waals surface area contributed by atoms with Crippen LogP contribution in [-0.2, 0) is 10.3 Å². The molecule has 1 heterocycles. The van der Waals surface area contributed by atoms with Gasteiger partial charge >= 0.3 is 0 Å². The quantitative estimate of drug-likeness (QED) is 0.303. The van der Waals surface area contributed by atoms with Gasteiger partial charge in [0.1, 0.15) is 5.54 Å². The van der Waals surface area contributed by atoms with Crippen LogP contribution < -0.4 is 0 Å². The Morgan fingerprint density at radius 3 is 2.12 bits per heavy atom. The third kappa shape index (κ3) is 4.26. The molecule has 1 atom stereocenters. The zero-order valence-corrected chi connectivity index (χ0v) is 19.0. The topological polar surface area (TPSA) is 20.3 Å². The second-order valence-electron chi connectivity index (χ2n) is 7.02. The van der Waals surface area contributed by atoms with E-state index in [0.29, 0.717) is 11.3 Å². The molecule has 2 heteroatoms. The summed E-state index contributed by atoms with van der Waals surface area (Å²) >= 11 is 0. The summed E-state index contributed by atoms with van der Waals surface area (Å²) in [5, 5.41) is 0. The lowest BCUT2D eigenvalue weighted by atomic mass is 9.74. The molecule has 0 aromatic heterocycles. The predicted octanol–water partition coefficient (Wildman–Crippen LogP) is 7.28. The highest BCUT2D eigenvalue weighted by Crippen LogP contribution is 2.53. The van der Waals surface area contributed by atoms with Gasteiger partial charge in [-0.05, 0) is 48.8 Å². The van der Waals surface area contributed by atoms with E-state index in [4.69, 9.17) is 0 Å². The van der Waals surface area contributed by atoms with Crippen molar-refractivity contribution in [1.29, 1.82) is 0 Å². The van der Waals surface area contributed by atoms with E-state index in [1.54, 1.807) is 30.4 Å². The standard InChI is InChI=1S/C30H31NO/c1-7-13-23-26(18-9-3)31-29(32)27(19-10-4)28(20-11-5)30(31,24(12-6)17-8-2)25-21-15-14-16-22-25/h7-23H,1,3-5H2,2,6H3/b17-8-,23-13-,24-12+,26-18+,27-19+,28-20+. The van der Waals surface area contributed by atoms with E-state index in [0.717, 1.165) is 16.7 Å². The van der Waals surface area contributed by atoms with Gasteiger partial charge in [-0.25, -0.2) is 0 Å². The van der Waals surface area contributed by atoms with Crippen molar-refractivity contribution in [2.45, 2.75) is 19.4 Å². The van der Waals surface area contributed by atoms with Crippen molar-refractivity contribution in [3.63, 3.8) is 0 Å². The van der Waals surface area contributed by atoms with Crippen LogP contribution in [0.15, 0.2) is 152 Å². The van der Waals surface area contributed by atoms with Crippen molar-refractivity contribution in [2.75, 3.05) is 0 Å². The lowest BCUT2D eigenvalue weighted by Gasteiger charge is -2.41. The largest absolute Gasteiger partial charge is 0.290 e. The molecule has 1 aliphatic heterocycles. The van der Waals surface area contributed by atoms with Crippen LogP contribution in [-0.4, -0.2) is 10.8 Å². The first-order chi connectivity index (χ1) is 15.6. The van der Waals surface area contributed by atoms with Crippen LogP contribution in [0.1, 0.15) is 19.4 Å². The van der Waals surface area contributed by atoms with Crippen molar-refractivity contribution in [3.8, 4) is 0 Å². The maximum absolute atomic E-state index is 14.0. The normalized spacial score (nSPS) is 22.3. The Hall–Kier alpha value is -3.91. The highest BCUT2D eigenvalue weighted by molar-refractivity contribution is 6.06. The van der Waals surface area contributed by atoms with E-state index in [-0.39, 0.29) is 5.91 Å². The fourth-order valence-corrected chi connectivity index (χ4v) is 4.13. The van der Waals surface area contributed by atoms with E-state index in [9.17, 15) is 4.79 Å². The lowest BCUT2D eigenvalue weighted by molar-refractivity contribution is -0.125. The van der Waals surface area contributed by atoms with Crippen molar-refractivity contribution >= 4 is 5.91 Å². The Labute approximate surface area is 192 Å². The Morgan fingerprint density at radius 2 is 1.59 bits per heavy atom. The lowest BCUT2D eigenvalue weighted by Crippen LogP contribution is -2.44. The first kappa shape index (κ1) is 24.4. The first-order valence-corrected chi connectivity index (χ1v) is 10.6. The van der Waals surface area contributed by atoms with Gasteiger partial charge in [-0.2, -0.15) is 0 Å². The highest BCUT2D eigenvalue weighted by atomic mass is 16.2. The molecule has 162 valence electrons. The van der Waals surface area contributed by atoms with E-state index in [2.05, 4.69) is 26.3 Å². The second kappa shape index (κ2) is 11.5. The molecule has 2 nitrogen and oxygen atoms in total. The Kier molecular flexibility index (Phi) is 8.73. The summed E-state index contributed by atoms with van der Waals surface area (Å²) in [6.07, 6.45) is 22.0. The maximum Gasteiger partial charge on any atom is 0.260 e. The average Bonchev–Trinajstić information content (AvgIpc) is 3.05. The number of rotatable bonds is 9. The Balaban J connectivity index is 3.18. The third-order valence-electron chi connectivity index (χ3n) is 5.23. The Bertz CT molecular complexity index is 1070. The van der Waals surface area contributed by atoms with Crippen LogP contribution in [0.5, 0.6) is 0 Å². The van der Waals surface area contributed by atoms with Gasteiger partial charge in [0.15, 0.2) is 0 Å². The van der Waals surface area contributed by atoms with E-state index >= 15 is 0 Å². The fourth-order valence-electron chi connectivity index (χ4n) is 4.13. The number of nitrogens with zero attached hydrogens (tertiary/aromatic N) is 1. The molecule has 0 N–H and O–H groups in total. The van der Waals surface area contributed by atoms with E-state index in [1.807, 2.05) is 91.6 Å². The molecule has 0 spiro atoms. The summed E-state index contributed by atoms with van der Waals surface area (Å²) in [6, 6.07) is 10.0. The molecule has 0 bridgehead atoms. The highest BCUT2D eigenvalue weighted by Gasteiger charge is 2.55. The molecular formula is C30H31NO. The zero-order chi connectivity index (χ0) is 23.6. The number of hydrogen-bond donors (Lipinski definition) is 0. The SMILES string of the molecule is C=C/C=C\C(=C/C=C)N1C(=O)C(=C/C=C)/C(=C\C=C)C1(C(/C=C\C)=C/C)c1ccccc1. The van der Waals surface area contributed by atoms with Crippen LogP contribution in [0, 0.1) is 0 Å². The van der Waals surface area contributed by atoms with Crippen LogP contribution in [0.25, 0.3) is 0 Å². The van der Waals surface area contributed by atoms with Gasteiger partial charge in [-0.15, -0.1) is 0 Å². The molecule has 32 heavy (non-hydrogen) atoms. The third-order valence-corrected chi connectivity index (χ3v) is 5.23. The molecule has 2 rings (SSSR count). The van der Waals surface area contributed by atoms with E-state index in [1.165, 1.54) is 0 Å². The fraction of sp³-hybridized carbons (Fsp3) is 0.100. The van der Waals surface area contributed by atoms with Crippen LogP contribution in [0.2, 0.25) is 0 Å². The number of carbonyl (C=O) groups is 1. The monoisotopic (exact) mass is 421 g/mol. The molecule has 1 saturated heterocycles. The van der Waals surface area contributed by atoms with Gasteiger partial charge in [-0.3, -0.25) is 9.69 Å². The molecule has 0 aliphatic carbocycles.